The van der Waals surface area contributed by atoms with Crippen LogP contribution in [0.5, 0.6) is 5.75 Å². The van der Waals surface area contributed by atoms with Crippen LogP contribution in [0.15, 0.2) is 77.7 Å². The second-order valence-electron chi connectivity index (χ2n) is 6.90. The molecule has 3 aromatic rings. The molecule has 0 bridgehead atoms. The highest BCUT2D eigenvalue weighted by Gasteiger charge is 2.26. The second-order valence-corrected chi connectivity index (χ2v) is 7.92. The van der Waals surface area contributed by atoms with Crippen molar-refractivity contribution in [2.45, 2.75) is 11.3 Å². The van der Waals surface area contributed by atoms with Gasteiger partial charge in [-0.3, -0.25) is 9.59 Å². The van der Waals surface area contributed by atoms with E-state index in [0.29, 0.717) is 23.5 Å². The Morgan fingerprint density at radius 3 is 2.70 bits per heavy atom. The SMILES string of the molecule is COc1cccc(NC(=O)CSc2ccccc2C(=O)N2CCc3ccccc32)c1. The number of nitrogens with zero attached hydrogens (tertiary/aromatic N) is 1. The van der Waals surface area contributed by atoms with Crippen molar-refractivity contribution in [1.29, 1.82) is 0 Å². The number of fused-ring (bicyclic) bond motifs is 1. The second kappa shape index (κ2) is 9.05. The van der Waals surface area contributed by atoms with Gasteiger partial charge >= 0.3 is 0 Å². The van der Waals surface area contributed by atoms with Crippen LogP contribution < -0.4 is 15.0 Å². The van der Waals surface area contributed by atoms with Crippen LogP contribution in [0.25, 0.3) is 0 Å². The Labute approximate surface area is 180 Å². The first-order valence-electron chi connectivity index (χ1n) is 9.71. The summed E-state index contributed by atoms with van der Waals surface area (Å²) in [5, 5.41) is 2.87. The maximum atomic E-state index is 13.2. The van der Waals surface area contributed by atoms with Gasteiger partial charge in [0.25, 0.3) is 5.91 Å². The highest BCUT2D eigenvalue weighted by molar-refractivity contribution is 8.00. The van der Waals surface area contributed by atoms with Crippen molar-refractivity contribution in [3.63, 3.8) is 0 Å². The lowest BCUT2D eigenvalue weighted by Crippen LogP contribution is -2.29. The van der Waals surface area contributed by atoms with E-state index in [2.05, 4.69) is 11.4 Å². The molecule has 1 heterocycles. The largest absolute Gasteiger partial charge is 0.497 e. The lowest BCUT2D eigenvalue weighted by molar-refractivity contribution is -0.113. The van der Waals surface area contributed by atoms with E-state index in [1.165, 1.54) is 17.3 Å². The molecule has 3 aromatic carbocycles. The van der Waals surface area contributed by atoms with E-state index in [0.717, 1.165) is 17.0 Å². The summed E-state index contributed by atoms with van der Waals surface area (Å²) >= 11 is 1.36. The molecule has 1 N–H and O–H groups in total. The minimum atomic E-state index is -0.137. The quantitative estimate of drug-likeness (QED) is 0.593. The number of ether oxygens (including phenoxy) is 1. The van der Waals surface area contributed by atoms with Gasteiger partial charge in [0.2, 0.25) is 5.91 Å². The molecule has 4 rings (SSSR count). The fourth-order valence-corrected chi connectivity index (χ4v) is 4.35. The van der Waals surface area contributed by atoms with E-state index < -0.39 is 0 Å². The van der Waals surface area contributed by atoms with E-state index in [1.54, 1.807) is 13.2 Å². The third-order valence-corrected chi connectivity index (χ3v) is 6.04. The maximum Gasteiger partial charge on any atom is 0.259 e. The summed E-state index contributed by atoms with van der Waals surface area (Å²) in [6.07, 6.45) is 0.861. The topological polar surface area (TPSA) is 58.6 Å². The standard InChI is InChI=1S/C24H22N2O3S/c1-29-19-9-6-8-18(15-19)25-23(27)16-30-22-12-5-3-10-20(22)24(28)26-14-13-17-7-2-4-11-21(17)26/h2-12,15H,13-14,16H2,1H3,(H,25,27). The number of benzene rings is 3. The highest BCUT2D eigenvalue weighted by atomic mass is 32.2. The van der Waals surface area contributed by atoms with Crippen molar-refractivity contribution in [2.24, 2.45) is 0 Å². The summed E-state index contributed by atoms with van der Waals surface area (Å²) in [6.45, 7) is 0.674. The molecular weight excluding hydrogens is 396 g/mol. The molecule has 0 aliphatic carbocycles. The predicted molar refractivity (Wildman–Crippen MR) is 121 cm³/mol. The van der Waals surface area contributed by atoms with Gasteiger partial charge in [0.1, 0.15) is 5.75 Å². The summed E-state index contributed by atoms with van der Waals surface area (Å²) in [6, 6.07) is 22.7. The Morgan fingerprint density at radius 2 is 1.83 bits per heavy atom. The third kappa shape index (κ3) is 4.33. The van der Waals surface area contributed by atoms with Crippen LogP contribution in [0.3, 0.4) is 0 Å². The molecule has 6 heteroatoms. The Morgan fingerprint density at radius 1 is 1.03 bits per heavy atom. The average molecular weight is 419 g/mol. The van der Waals surface area contributed by atoms with Crippen molar-refractivity contribution in [3.8, 4) is 5.75 Å². The molecule has 0 aromatic heterocycles. The number of methoxy groups -OCH3 is 1. The first-order chi connectivity index (χ1) is 14.7. The maximum absolute atomic E-state index is 13.2. The van der Waals surface area contributed by atoms with Gasteiger partial charge in [-0.25, -0.2) is 0 Å². The summed E-state index contributed by atoms with van der Waals surface area (Å²) in [4.78, 5) is 28.3. The molecule has 0 unspecified atom stereocenters. The van der Waals surface area contributed by atoms with Crippen LogP contribution in [-0.4, -0.2) is 31.2 Å². The van der Waals surface area contributed by atoms with Crippen LogP contribution in [-0.2, 0) is 11.2 Å². The van der Waals surface area contributed by atoms with E-state index >= 15 is 0 Å². The van der Waals surface area contributed by atoms with E-state index in [1.807, 2.05) is 65.6 Å². The molecule has 30 heavy (non-hydrogen) atoms. The summed E-state index contributed by atoms with van der Waals surface area (Å²) in [5.74, 6) is 0.721. The number of carbonyl (C=O) groups is 2. The molecule has 1 aliphatic rings. The number of para-hydroxylation sites is 1. The molecule has 2 amide bonds. The molecule has 0 spiro atoms. The van der Waals surface area contributed by atoms with Gasteiger partial charge in [0, 0.05) is 28.9 Å². The Bertz CT molecular complexity index is 1080. The number of hydrogen-bond acceptors (Lipinski definition) is 4. The van der Waals surface area contributed by atoms with Crippen LogP contribution >= 0.6 is 11.8 Å². The van der Waals surface area contributed by atoms with Crippen molar-refractivity contribution >= 4 is 35.0 Å². The Hall–Kier alpha value is -3.25. The van der Waals surface area contributed by atoms with Crippen LogP contribution in [0, 0.1) is 0 Å². The molecule has 152 valence electrons. The number of rotatable bonds is 6. The first-order valence-corrected chi connectivity index (χ1v) is 10.7. The molecule has 5 nitrogen and oxygen atoms in total. The first kappa shape index (κ1) is 20.0. The number of amides is 2. The smallest absolute Gasteiger partial charge is 0.259 e. The Balaban J connectivity index is 1.45. The number of nitrogens with one attached hydrogen (secondary N) is 1. The van der Waals surface area contributed by atoms with Gasteiger partial charge in [-0.1, -0.05) is 36.4 Å². The van der Waals surface area contributed by atoms with E-state index in [-0.39, 0.29) is 17.6 Å². The summed E-state index contributed by atoms with van der Waals surface area (Å²) in [7, 11) is 1.59. The summed E-state index contributed by atoms with van der Waals surface area (Å²) < 4.78 is 5.18. The zero-order valence-corrected chi connectivity index (χ0v) is 17.4. The fraction of sp³-hybridized carbons (Fsp3) is 0.167. The Kier molecular flexibility index (Phi) is 6.05. The van der Waals surface area contributed by atoms with Crippen molar-refractivity contribution in [1.82, 2.24) is 0 Å². The normalized spacial score (nSPS) is 12.4. The molecular formula is C24H22N2O3S. The molecule has 0 fully saturated rings. The number of carbonyl (C=O) groups excluding carboxylic acids is 2. The molecule has 0 saturated carbocycles. The molecule has 0 atom stereocenters. The van der Waals surface area contributed by atoms with Crippen molar-refractivity contribution in [3.05, 3.63) is 83.9 Å². The predicted octanol–water partition coefficient (Wildman–Crippen LogP) is 4.63. The molecule has 1 aliphatic heterocycles. The van der Waals surface area contributed by atoms with E-state index in [9.17, 15) is 9.59 Å². The number of hydrogen-bond donors (Lipinski definition) is 1. The zero-order valence-electron chi connectivity index (χ0n) is 16.6. The molecule has 0 saturated heterocycles. The van der Waals surface area contributed by atoms with Crippen molar-refractivity contribution in [2.75, 3.05) is 29.6 Å². The monoisotopic (exact) mass is 418 g/mol. The summed E-state index contributed by atoms with van der Waals surface area (Å²) in [5.41, 5.74) is 3.46. The minimum Gasteiger partial charge on any atom is -0.497 e. The highest BCUT2D eigenvalue weighted by Crippen LogP contribution is 2.31. The van der Waals surface area contributed by atoms with Gasteiger partial charge in [-0.2, -0.15) is 0 Å². The zero-order chi connectivity index (χ0) is 20.9. The average Bonchev–Trinajstić information content (AvgIpc) is 3.22. The van der Waals surface area contributed by atoms with Gasteiger partial charge in [0.05, 0.1) is 18.4 Å². The van der Waals surface area contributed by atoms with Gasteiger partial charge in [-0.05, 0) is 42.3 Å². The van der Waals surface area contributed by atoms with Crippen LogP contribution in [0.4, 0.5) is 11.4 Å². The fourth-order valence-electron chi connectivity index (χ4n) is 3.50. The minimum absolute atomic E-state index is 0.0312. The molecule has 0 radical (unpaired) electrons. The third-order valence-electron chi connectivity index (χ3n) is 4.96. The lowest BCUT2D eigenvalue weighted by atomic mass is 10.1. The van der Waals surface area contributed by atoms with Gasteiger partial charge in [0.15, 0.2) is 0 Å². The lowest BCUT2D eigenvalue weighted by Gasteiger charge is -2.19. The number of thioether (sulfide) groups is 1. The van der Waals surface area contributed by atoms with E-state index in [4.69, 9.17) is 4.74 Å². The number of anilines is 2. The van der Waals surface area contributed by atoms with Crippen LogP contribution in [0.2, 0.25) is 0 Å². The van der Waals surface area contributed by atoms with Crippen LogP contribution in [0.1, 0.15) is 15.9 Å². The van der Waals surface area contributed by atoms with Gasteiger partial charge in [-0.15, -0.1) is 11.8 Å². The van der Waals surface area contributed by atoms with Gasteiger partial charge < -0.3 is 15.0 Å². The van der Waals surface area contributed by atoms with Crippen molar-refractivity contribution < 1.29 is 14.3 Å².